The fourth-order valence-electron chi connectivity index (χ4n) is 1.13. The maximum Gasteiger partial charge on any atom is 0.321 e. The number of hydrogen-bond acceptors (Lipinski definition) is 3. The van der Waals surface area contributed by atoms with Gasteiger partial charge in [-0.25, -0.2) is 0 Å². The number of carboxylic acids is 1. The molecule has 6 nitrogen and oxygen atoms in total. The predicted molar refractivity (Wildman–Crippen MR) is 37.0 cm³/mol. The topological polar surface area (TPSA) is 98.1 Å². The molecule has 2 N–H and O–H groups in total. The minimum atomic E-state index is -0.958. The Morgan fingerprint density at radius 3 is 3.09 bits per heavy atom. The second-order valence-electron chi connectivity index (χ2n) is 2.33. The van der Waals surface area contributed by atoms with Gasteiger partial charge in [-0.1, -0.05) is 5.11 Å². The van der Waals surface area contributed by atoms with E-state index in [4.69, 9.17) is 10.6 Å². The van der Waals surface area contributed by atoms with Crippen LogP contribution in [0.4, 0.5) is 0 Å². The Morgan fingerprint density at radius 2 is 2.55 bits per heavy atom. The lowest BCUT2D eigenvalue weighted by atomic mass is 10.1. The van der Waals surface area contributed by atoms with E-state index in [-0.39, 0.29) is 0 Å². The van der Waals surface area contributed by atoms with E-state index in [1.54, 1.807) is 0 Å². The normalized spacial score (nSPS) is 29.5. The van der Waals surface area contributed by atoms with Gasteiger partial charge in [-0.05, 0) is 18.5 Å². The molecule has 60 valence electrons. The van der Waals surface area contributed by atoms with Gasteiger partial charge in [0.15, 0.2) is 0 Å². The van der Waals surface area contributed by atoms with Crippen LogP contribution in [0.3, 0.4) is 0 Å². The van der Waals surface area contributed by atoms with E-state index in [1.807, 2.05) is 0 Å². The Bertz CT molecular complexity index is 203. The maximum absolute atomic E-state index is 10.4. The summed E-state index contributed by atoms with van der Waals surface area (Å²) in [4.78, 5) is 13.0. The molecule has 0 amide bonds. The highest BCUT2D eigenvalue weighted by molar-refractivity contribution is 5.75. The van der Waals surface area contributed by atoms with Crippen LogP contribution >= 0.6 is 0 Å². The minimum absolute atomic E-state index is 0.433. The summed E-state index contributed by atoms with van der Waals surface area (Å²) in [6.07, 6.45) is 0.598. The second kappa shape index (κ2) is 3.23. The SMILES string of the molecule is [N-]=[N+]=NC1CCNC1C(=O)O. The molecule has 0 radical (unpaired) electrons. The Labute approximate surface area is 62.8 Å². The highest BCUT2D eigenvalue weighted by atomic mass is 16.4. The van der Waals surface area contributed by atoms with Crippen LogP contribution in [0.15, 0.2) is 5.11 Å². The smallest absolute Gasteiger partial charge is 0.321 e. The molecule has 1 saturated heterocycles. The van der Waals surface area contributed by atoms with Gasteiger partial charge in [0, 0.05) is 4.91 Å². The first-order valence-corrected chi connectivity index (χ1v) is 3.26. The van der Waals surface area contributed by atoms with Crippen LogP contribution in [0.5, 0.6) is 0 Å². The van der Waals surface area contributed by atoms with Crippen molar-refractivity contribution in [2.45, 2.75) is 18.5 Å². The summed E-state index contributed by atoms with van der Waals surface area (Å²) in [7, 11) is 0. The van der Waals surface area contributed by atoms with E-state index >= 15 is 0 Å². The monoisotopic (exact) mass is 156 g/mol. The molecule has 6 heteroatoms. The number of rotatable bonds is 2. The van der Waals surface area contributed by atoms with Crippen molar-refractivity contribution >= 4 is 5.97 Å². The number of aliphatic carboxylic acids is 1. The lowest BCUT2D eigenvalue weighted by Crippen LogP contribution is -2.37. The number of hydrogen-bond donors (Lipinski definition) is 2. The second-order valence-corrected chi connectivity index (χ2v) is 2.33. The van der Waals surface area contributed by atoms with E-state index in [0.717, 1.165) is 0 Å². The highest BCUT2D eigenvalue weighted by Gasteiger charge is 2.31. The number of nitrogens with one attached hydrogen (secondary N) is 1. The van der Waals surface area contributed by atoms with E-state index in [9.17, 15) is 4.79 Å². The van der Waals surface area contributed by atoms with Crippen LogP contribution in [0.2, 0.25) is 0 Å². The first-order chi connectivity index (χ1) is 5.25. The van der Waals surface area contributed by atoms with Crippen LogP contribution in [-0.4, -0.2) is 29.7 Å². The molecule has 1 heterocycles. The number of carboxylic acid groups (broad SMARTS) is 1. The van der Waals surface area contributed by atoms with Crippen molar-refractivity contribution in [3.8, 4) is 0 Å². The van der Waals surface area contributed by atoms with Gasteiger partial charge in [0.2, 0.25) is 0 Å². The van der Waals surface area contributed by atoms with E-state index in [0.29, 0.717) is 13.0 Å². The average molecular weight is 156 g/mol. The van der Waals surface area contributed by atoms with Crippen LogP contribution in [0.1, 0.15) is 6.42 Å². The van der Waals surface area contributed by atoms with Gasteiger partial charge < -0.3 is 10.4 Å². The van der Waals surface area contributed by atoms with E-state index in [1.165, 1.54) is 0 Å². The van der Waals surface area contributed by atoms with Gasteiger partial charge in [0.25, 0.3) is 0 Å². The molecular weight excluding hydrogens is 148 g/mol. The first kappa shape index (κ1) is 7.84. The van der Waals surface area contributed by atoms with Crippen molar-refractivity contribution in [2.75, 3.05) is 6.54 Å². The summed E-state index contributed by atoms with van der Waals surface area (Å²) in [5.41, 5.74) is 8.06. The molecule has 0 aromatic carbocycles. The van der Waals surface area contributed by atoms with Crippen LogP contribution in [0.25, 0.3) is 10.4 Å². The third-order valence-corrected chi connectivity index (χ3v) is 1.66. The summed E-state index contributed by atoms with van der Waals surface area (Å²) in [6, 6.07) is -1.14. The molecule has 1 aliphatic rings. The van der Waals surface area contributed by atoms with Crippen molar-refractivity contribution in [3.05, 3.63) is 10.4 Å². The average Bonchev–Trinajstić information content (AvgIpc) is 2.36. The number of carbonyl (C=O) groups is 1. The first-order valence-electron chi connectivity index (χ1n) is 3.26. The summed E-state index contributed by atoms with van der Waals surface area (Å²) < 4.78 is 0. The summed E-state index contributed by atoms with van der Waals surface area (Å²) >= 11 is 0. The fraction of sp³-hybridized carbons (Fsp3) is 0.800. The fourth-order valence-corrected chi connectivity index (χ4v) is 1.13. The molecule has 0 saturated carbocycles. The summed E-state index contributed by atoms with van der Waals surface area (Å²) in [5, 5.41) is 14.7. The Morgan fingerprint density at radius 1 is 1.82 bits per heavy atom. The van der Waals surface area contributed by atoms with Crippen molar-refractivity contribution in [2.24, 2.45) is 5.11 Å². The molecule has 1 fully saturated rings. The zero-order chi connectivity index (χ0) is 8.27. The quantitative estimate of drug-likeness (QED) is 0.337. The number of azide groups is 1. The molecule has 2 unspecified atom stereocenters. The Kier molecular flexibility index (Phi) is 2.30. The molecule has 0 bridgehead atoms. The predicted octanol–water partition coefficient (Wildman–Crippen LogP) is 0.112. The van der Waals surface area contributed by atoms with E-state index in [2.05, 4.69) is 15.3 Å². The lowest BCUT2D eigenvalue weighted by molar-refractivity contribution is -0.139. The molecule has 0 aromatic heterocycles. The third kappa shape index (κ3) is 1.60. The third-order valence-electron chi connectivity index (χ3n) is 1.66. The largest absolute Gasteiger partial charge is 0.480 e. The van der Waals surface area contributed by atoms with Crippen molar-refractivity contribution in [1.82, 2.24) is 5.32 Å². The molecule has 2 atom stereocenters. The minimum Gasteiger partial charge on any atom is -0.480 e. The molecule has 0 aromatic rings. The van der Waals surface area contributed by atoms with Gasteiger partial charge in [-0.3, -0.25) is 4.79 Å². The Hall–Kier alpha value is -1.26. The molecule has 1 aliphatic heterocycles. The highest BCUT2D eigenvalue weighted by Crippen LogP contribution is 2.11. The maximum atomic E-state index is 10.4. The van der Waals surface area contributed by atoms with E-state index < -0.39 is 18.1 Å². The zero-order valence-electron chi connectivity index (χ0n) is 5.77. The molecule has 1 rings (SSSR count). The van der Waals surface area contributed by atoms with Gasteiger partial charge in [0.1, 0.15) is 6.04 Å². The lowest BCUT2D eigenvalue weighted by Gasteiger charge is -2.07. The Balaban J connectivity index is 2.64. The van der Waals surface area contributed by atoms with Crippen LogP contribution in [0, 0.1) is 0 Å². The van der Waals surface area contributed by atoms with Crippen LogP contribution in [-0.2, 0) is 4.79 Å². The molecular formula is C5H8N4O2. The molecule has 0 aliphatic carbocycles. The van der Waals surface area contributed by atoms with Gasteiger partial charge in [-0.15, -0.1) is 0 Å². The zero-order valence-corrected chi connectivity index (χ0v) is 5.77. The van der Waals surface area contributed by atoms with Gasteiger partial charge in [0.05, 0.1) is 6.04 Å². The van der Waals surface area contributed by atoms with Gasteiger partial charge >= 0.3 is 5.97 Å². The van der Waals surface area contributed by atoms with Gasteiger partial charge in [-0.2, -0.15) is 0 Å². The number of nitrogens with zero attached hydrogens (tertiary/aromatic N) is 3. The van der Waals surface area contributed by atoms with Crippen molar-refractivity contribution in [3.63, 3.8) is 0 Å². The molecule has 0 spiro atoms. The van der Waals surface area contributed by atoms with Crippen LogP contribution < -0.4 is 5.32 Å². The summed E-state index contributed by atoms with van der Waals surface area (Å²) in [5.74, 6) is -0.958. The summed E-state index contributed by atoms with van der Waals surface area (Å²) in [6.45, 7) is 0.598. The standard InChI is InChI=1S/C5H8N4O2/c6-9-8-3-1-2-7-4(3)5(10)11/h3-4,7H,1-2H2,(H,10,11). The van der Waals surface area contributed by atoms with Crippen molar-refractivity contribution in [1.29, 1.82) is 0 Å². The molecule has 11 heavy (non-hydrogen) atoms. The van der Waals surface area contributed by atoms with Crippen molar-refractivity contribution < 1.29 is 9.90 Å².